The van der Waals surface area contributed by atoms with E-state index in [0.717, 1.165) is 23.4 Å². The molecule has 3 aromatic rings. The SMILES string of the molecule is CCC(c1ccncc1)n1ccnc1-c1cc(C)cc(OC)c1OC. The topological polar surface area (TPSA) is 49.2 Å². The van der Waals surface area contributed by atoms with Gasteiger partial charge in [0.15, 0.2) is 11.5 Å². The second kappa shape index (κ2) is 7.38. The van der Waals surface area contributed by atoms with E-state index in [-0.39, 0.29) is 6.04 Å². The Balaban J connectivity index is 2.16. The zero-order valence-corrected chi connectivity index (χ0v) is 15.1. The lowest BCUT2D eigenvalue weighted by Gasteiger charge is -2.21. The zero-order valence-electron chi connectivity index (χ0n) is 15.1. The summed E-state index contributed by atoms with van der Waals surface area (Å²) in [6.07, 6.45) is 8.43. The molecule has 0 saturated heterocycles. The van der Waals surface area contributed by atoms with Gasteiger partial charge in [-0.15, -0.1) is 0 Å². The molecule has 0 bridgehead atoms. The summed E-state index contributed by atoms with van der Waals surface area (Å²) in [7, 11) is 3.31. The Hall–Kier alpha value is -2.82. The highest BCUT2D eigenvalue weighted by Gasteiger charge is 2.21. The third-order valence-electron chi connectivity index (χ3n) is 4.35. The Labute approximate surface area is 148 Å². The van der Waals surface area contributed by atoms with Crippen molar-refractivity contribution in [3.05, 3.63) is 60.2 Å². The van der Waals surface area contributed by atoms with Crippen LogP contribution in [-0.4, -0.2) is 28.8 Å². The van der Waals surface area contributed by atoms with Crippen LogP contribution in [0, 0.1) is 6.92 Å². The first-order valence-corrected chi connectivity index (χ1v) is 8.35. The highest BCUT2D eigenvalue weighted by molar-refractivity contribution is 5.70. The van der Waals surface area contributed by atoms with Gasteiger partial charge in [-0.05, 0) is 48.7 Å². The summed E-state index contributed by atoms with van der Waals surface area (Å²) < 4.78 is 13.3. The van der Waals surface area contributed by atoms with Crippen molar-refractivity contribution in [2.75, 3.05) is 14.2 Å². The number of aromatic nitrogens is 3. The molecule has 0 aliphatic carbocycles. The van der Waals surface area contributed by atoms with Crippen molar-refractivity contribution in [1.29, 1.82) is 0 Å². The fourth-order valence-corrected chi connectivity index (χ4v) is 3.22. The molecule has 0 fully saturated rings. The van der Waals surface area contributed by atoms with Crippen molar-refractivity contribution in [3.8, 4) is 22.9 Å². The maximum absolute atomic E-state index is 5.63. The number of pyridine rings is 1. The van der Waals surface area contributed by atoms with E-state index in [1.807, 2.05) is 49.9 Å². The molecule has 0 amide bonds. The van der Waals surface area contributed by atoms with E-state index >= 15 is 0 Å². The van der Waals surface area contributed by atoms with Gasteiger partial charge in [-0.1, -0.05) is 6.92 Å². The largest absolute Gasteiger partial charge is 0.493 e. The number of benzene rings is 1. The van der Waals surface area contributed by atoms with Gasteiger partial charge >= 0.3 is 0 Å². The number of ether oxygens (including phenoxy) is 2. The second-order valence-electron chi connectivity index (χ2n) is 5.91. The maximum atomic E-state index is 5.63. The van der Waals surface area contributed by atoms with E-state index in [9.17, 15) is 0 Å². The summed E-state index contributed by atoms with van der Waals surface area (Å²) in [4.78, 5) is 8.74. The third-order valence-corrected chi connectivity index (χ3v) is 4.35. The third kappa shape index (κ3) is 3.22. The van der Waals surface area contributed by atoms with Gasteiger partial charge in [0.25, 0.3) is 0 Å². The van der Waals surface area contributed by atoms with Crippen molar-refractivity contribution >= 4 is 0 Å². The van der Waals surface area contributed by atoms with Crippen LogP contribution in [0.4, 0.5) is 0 Å². The molecule has 5 heteroatoms. The van der Waals surface area contributed by atoms with Gasteiger partial charge in [-0.25, -0.2) is 4.98 Å². The van der Waals surface area contributed by atoms with E-state index in [1.165, 1.54) is 5.56 Å². The maximum Gasteiger partial charge on any atom is 0.171 e. The number of aryl methyl sites for hydroxylation is 1. The predicted molar refractivity (Wildman–Crippen MR) is 98.2 cm³/mol. The predicted octanol–water partition coefficient (Wildman–Crippen LogP) is 4.27. The first kappa shape index (κ1) is 17.0. The standard InChI is InChI=1S/C20H23N3O2/c1-5-17(15-6-8-21-9-7-15)23-11-10-22-20(23)16-12-14(2)13-18(24-3)19(16)25-4/h6-13,17H,5H2,1-4H3. The fraction of sp³-hybridized carbons (Fsp3) is 0.300. The van der Waals surface area contributed by atoms with Gasteiger partial charge in [0.1, 0.15) is 5.82 Å². The zero-order chi connectivity index (χ0) is 17.8. The van der Waals surface area contributed by atoms with E-state index in [1.54, 1.807) is 14.2 Å². The van der Waals surface area contributed by atoms with Crippen LogP contribution < -0.4 is 9.47 Å². The molecule has 0 spiro atoms. The van der Waals surface area contributed by atoms with Crippen LogP contribution in [0.5, 0.6) is 11.5 Å². The average molecular weight is 337 g/mol. The molecule has 1 unspecified atom stereocenters. The van der Waals surface area contributed by atoms with Crippen molar-refractivity contribution in [2.24, 2.45) is 0 Å². The summed E-state index contributed by atoms with van der Waals surface area (Å²) in [5, 5.41) is 0. The Kier molecular flexibility index (Phi) is 5.03. The van der Waals surface area contributed by atoms with Crippen molar-refractivity contribution < 1.29 is 9.47 Å². The molecule has 2 aromatic heterocycles. The molecule has 0 N–H and O–H groups in total. The highest BCUT2D eigenvalue weighted by Crippen LogP contribution is 2.40. The van der Waals surface area contributed by atoms with Crippen LogP contribution >= 0.6 is 0 Å². The van der Waals surface area contributed by atoms with Crippen molar-refractivity contribution in [3.63, 3.8) is 0 Å². The number of methoxy groups -OCH3 is 2. The molecule has 1 atom stereocenters. The quantitative estimate of drug-likeness (QED) is 0.674. The number of hydrogen-bond acceptors (Lipinski definition) is 4. The number of hydrogen-bond donors (Lipinski definition) is 0. The van der Waals surface area contributed by atoms with Gasteiger partial charge in [-0.3, -0.25) is 4.98 Å². The first-order chi connectivity index (χ1) is 12.2. The molecular weight excluding hydrogens is 314 g/mol. The van der Waals surface area contributed by atoms with E-state index in [2.05, 4.69) is 27.5 Å². The van der Waals surface area contributed by atoms with Crippen LogP contribution in [0.15, 0.2) is 49.1 Å². The average Bonchev–Trinajstić information content (AvgIpc) is 3.11. The minimum absolute atomic E-state index is 0.178. The minimum Gasteiger partial charge on any atom is -0.493 e. The fourth-order valence-electron chi connectivity index (χ4n) is 3.22. The molecule has 2 heterocycles. The molecule has 130 valence electrons. The molecule has 0 aliphatic heterocycles. The Morgan fingerprint density at radius 3 is 2.48 bits per heavy atom. The van der Waals surface area contributed by atoms with Crippen LogP contribution in [0.3, 0.4) is 0 Å². The van der Waals surface area contributed by atoms with E-state index in [0.29, 0.717) is 11.5 Å². The Morgan fingerprint density at radius 1 is 1.08 bits per heavy atom. The van der Waals surface area contributed by atoms with Crippen LogP contribution in [0.1, 0.15) is 30.5 Å². The minimum atomic E-state index is 0.178. The van der Waals surface area contributed by atoms with Crippen molar-refractivity contribution in [2.45, 2.75) is 26.3 Å². The van der Waals surface area contributed by atoms with Crippen LogP contribution in [0.25, 0.3) is 11.4 Å². The smallest absolute Gasteiger partial charge is 0.171 e. The molecule has 25 heavy (non-hydrogen) atoms. The Morgan fingerprint density at radius 2 is 1.84 bits per heavy atom. The molecule has 5 nitrogen and oxygen atoms in total. The first-order valence-electron chi connectivity index (χ1n) is 8.35. The van der Waals surface area contributed by atoms with Crippen LogP contribution in [-0.2, 0) is 0 Å². The van der Waals surface area contributed by atoms with Gasteiger partial charge in [-0.2, -0.15) is 0 Å². The number of imidazole rings is 1. The normalized spacial score (nSPS) is 12.0. The van der Waals surface area contributed by atoms with Crippen molar-refractivity contribution in [1.82, 2.24) is 14.5 Å². The van der Waals surface area contributed by atoms with Gasteiger partial charge in [0.05, 0.1) is 25.8 Å². The summed E-state index contributed by atoms with van der Waals surface area (Å²) in [6, 6.07) is 8.32. The van der Waals surface area contributed by atoms with Gasteiger partial charge < -0.3 is 14.0 Å². The lowest BCUT2D eigenvalue weighted by atomic mass is 10.0. The van der Waals surface area contributed by atoms with Crippen LogP contribution in [0.2, 0.25) is 0 Å². The van der Waals surface area contributed by atoms with E-state index < -0.39 is 0 Å². The van der Waals surface area contributed by atoms with E-state index in [4.69, 9.17) is 9.47 Å². The summed E-state index contributed by atoms with van der Waals surface area (Å²) >= 11 is 0. The Bertz CT molecular complexity index is 843. The molecule has 0 saturated carbocycles. The second-order valence-corrected chi connectivity index (χ2v) is 5.91. The summed E-state index contributed by atoms with van der Waals surface area (Å²) in [6.45, 7) is 4.21. The molecule has 0 radical (unpaired) electrons. The molecule has 0 aliphatic rings. The molecule has 1 aromatic carbocycles. The summed E-state index contributed by atoms with van der Waals surface area (Å²) in [5.41, 5.74) is 3.23. The number of rotatable bonds is 6. The van der Waals surface area contributed by atoms with Gasteiger partial charge in [0.2, 0.25) is 0 Å². The van der Waals surface area contributed by atoms with Gasteiger partial charge in [0, 0.05) is 24.8 Å². The molecular formula is C20H23N3O2. The monoisotopic (exact) mass is 337 g/mol. The molecule has 3 rings (SSSR count). The lowest BCUT2D eigenvalue weighted by Crippen LogP contribution is -2.11. The summed E-state index contributed by atoms with van der Waals surface area (Å²) in [5.74, 6) is 2.27. The number of nitrogens with zero attached hydrogens (tertiary/aromatic N) is 3. The lowest BCUT2D eigenvalue weighted by molar-refractivity contribution is 0.355. The highest BCUT2D eigenvalue weighted by atomic mass is 16.5.